The Morgan fingerprint density at radius 3 is 2.54 bits per heavy atom. The lowest BCUT2D eigenvalue weighted by Gasteiger charge is -2.38. The number of ether oxygens (including phenoxy) is 2. The Kier molecular flexibility index (Phi) is 6.62. The van der Waals surface area contributed by atoms with Crippen LogP contribution in [0.25, 0.3) is 0 Å². The number of anilines is 1. The molecule has 0 fully saturated rings. The molecule has 1 atom stereocenters. The van der Waals surface area contributed by atoms with E-state index in [2.05, 4.69) is 43.2 Å². The maximum Gasteiger partial charge on any atom is 0.257 e. The van der Waals surface area contributed by atoms with Crippen molar-refractivity contribution in [1.29, 1.82) is 0 Å². The standard InChI is InChI=1S/C29H31N3O4S/c1-16-8-6-7-9-18(16)15-37-28-31-26-25(27(34)32-28)23(17-10-11-21(35-4)22(12-17)36-5)24-19(30-26)13-29(2,3)14-20(24)33/h6-12,23H,13-15H2,1-5H3,(H2,30,31,32,34)/t23-/m0/s1. The number of nitrogens with zero attached hydrogens (tertiary/aromatic N) is 1. The van der Waals surface area contributed by atoms with Crippen LogP contribution in [0.3, 0.4) is 0 Å². The van der Waals surface area contributed by atoms with Gasteiger partial charge in [-0.3, -0.25) is 9.59 Å². The number of hydrogen-bond donors (Lipinski definition) is 2. The molecule has 1 aromatic heterocycles. The Balaban J connectivity index is 1.61. The highest BCUT2D eigenvalue weighted by Crippen LogP contribution is 2.48. The van der Waals surface area contributed by atoms with Crippen molar-refractivity contribution in [1.82, 2.24) is 9.97 Å². The van der Waals surface area contributed by atoms with Crippen LogP contribution in [0.2, 0.25) is 0 Å². The van der Waals surface area contributed by atoms with Gasteiger partial charge in [0, 0.05) is 29.4 Å². The number of nitrogens with one attached hydrogen (secondary N) is 2. The van der Waals surface area contributed by atoms with Gasteiger partial charge in [-0.05, 0) is 47.6 Å². The summed E-state index contributed by atoms with van der Waals surface area (Å²) in [5.41, 5.74) is 4.63. The van der Waals surface area contributed by atoms with Gasteiger partial charge in [-0.25, -0.2) is 4.98 Å². The largest absolute Gasteiger partial charge is 0.493 e. The van der Waals surface area contributed by atoms with Crippen molar-refractivity contribution in [2.24, 2.45) is 5.41 Å². The molecule has 5 rings (SSSR count). The molecule has 2 N–H and O–H groups in total. The number of hydrogen-bond acceptors (Lipinski definition) is 7. The average molecular weight is 518 g/mol. The lowest BCUT2D eigenvalue weighted by atomic mass is 9.69. The number of carbonyl (C=O) groups excluding carboxylic acids is 1. The van der Waals surface area contributed by atoms with E-state index in [-0.39, 0.29) is 16.8 Å². The summed E-state index contributed by atoms with van der Waals surface area (Å²) in [7, 11) is 3.15. The third-order valence-corrected chi connectivity index (χ3v) is 7.99. The highest BCUT2D eigenvalue weighted by Gasteiger charge is 2.42. The molecule has 3 aromatic rings. The highest BCUT2D eigenvalue weighted by atomic mass is 32.2. The maximum absolute atomic E-state index is 13.6. The van der Waals surface area contributed by atoms with Gasteiger partial charge < -0.3 is 19.8 Å². The number of aryl methyl sites for hydroxylation is 1. The summed E-state index contributed by atoms with van der Waals surface area (Å²) in [6.07, 6.45) is 1.11. The van der Waals surface area contributed by atoms with E-state index < -0.39 is 5.92 Å². The second-order valence-electron chi connectivity index (χ2n) is 10.4. The maximum atomic E-state index is 13.6. The van der Waals surface area contributed by atoms with Crippen molar-refractivity contribution in [3.05, 3.63) is 86.3 Å². The normalized spacial score (nSPS) is 18.1. The van der Waals surface area contributed by atoms with E-state index in [1.807, 2.05) is 24.3 Å². The predicted molar refractivity (Wildman–Crippen MR) is 146 cm³/mol. The fraction of sp³-hybridized carbons (Fsp3) is 0.345. The van der Waals surface area contributed by atoms with E-state index in [1.54, 1.807) is 20.3 Å². The van der Waals surface area contributed by atoms with E-state index in [1.165, 1.54) is 22.9 Å². The van der Waals surface area contributed by atoms with Crippen molar-refractivity contribution in [3.63, 3.8) is 0 Å². The van der Waals surface area contributed by atoms with Crippen LogP contribution in [0.1, 0.15) is 54.9 Å². The van der Waals surface area contributed by atoms with Crippen molar-refractivity contribution >= 4 is 23.4 Å². The molecule has 37 heavy (non-hydrogen) atoms. The van der Waals surface area contributed by atoms with Gasteiger partial charge in [0.05, 0.1) is 19.8 Å². The Morgan fingerprint density at radius 1 is 1.05 bits per heavy atom. The van der Waals surface area contributed by atoms with Crippen LogP contribution < -0.4 is 20.3 Å². The first-order chi connectivity index (χ1) is 17.7. The quantitative estimate of drug-likeness (QED) is 0.325. The minimum atomic E-state index is -0.554. The van der Waals surface area contributed by atoms with E-state index in [9.17, 15) is 9.59 Å². The van der Waals surface area contributed by atoms with Crippen LogP contribution in [0.15, 0.2) is 63.7 Å². The number of Topliss-reactive ketones (excluding diaryl/α,β-unsaturated/α-hetero) is 1. The fourth-order valence-electron chi connectivity index (χ4n) is 5.25. The molecule has 2 aromatic carbocycles. The van der Waals surface area contributed by atoms with Gasteiger partial charge in [0.15, 0.2) is 22.4 Å². The molecule has 0 radical (unpaired) electrons. The molecule has 1 aliphatic carbocycles. The average Bonchev–Trinajstić information content (AvgIpc) is 2.85. The zero-order valence-electron chi connectivity index (χ0n) is 21.7. The van der Waals surface area contributed by atoms with Gasteiger partial charge >= 0.3 is 0 Å². The van der Waals surface area contributed by atoms with Crippen molar-refractivity contribution in [2.75, 3.05) is 19.5 Å². The van der Waals surface area contributed by atoms with Gasteiger partial charge in [0.25, 0.3) is 5.56 Å². The lowest BCUT2D eigenvalue weighted by Crippen LogP contribution is -2.37. The van der Waals surface area contributed by atoms with Crippen LogP contribution in [-0.2, 0) is 10.5 Å². The second-order valence-corrected chi connectivity index (χ2v) is 11.3. The van der Waals surface area contributed by atoms with Gasteiger partial charge in [-0.2, -0.15) is 0 Å². The number of aromatic amines is 1. The smallest absolute Gasteiger partial charge is 0.257 e. The first-order valence-electron chi connectivity index (χ1n) is 12.3. The number of ketones is 1. The van der Waals surface area contributed by atoms with Crippen molar-refractivity contribution < 1.29 is 14.3 Å². The third kappa shape index (κ3) is 4.78. The first kappa shape index (κ1) is 25.1. The van der Waals surface area contributed by atoms with E-state index in [0.29, 0.717) is 52.2 Å². The molecular weight excluding hydrogens is 486 g/mol. The SMILES string of the molecule is COc1ccc([C@H]2C3=C(CC(C)(C)CC3=O)Nc3nc(SCc4ccccc4C)[nH]c(=O)c32)cc1OC. The lowest BCUT2D eigenvalue weighted by molar-refractivity contribution is -0.118. The van der Waals surface area contributed by atoms with Crippen LogP contribution in [-0.4, -0.2) is 30.0 Å². The van der Waals surface area contributed by atoms with Gasteiger partial charge in [-0.15, -0.1) is 0 Å². The van der Waals surface area contributed by atoms with Gasteiger partial charge in [-0.1, -0.05) is 55.9 Å². The summed E-state index contributed by atoms with van der Waals surface area (Å²) in [4.78, 5) is 34.9. The summed E-state index contributed by atoms with van der Waals surface area (Å²) in [6, 6.07) is 13.7. The fourth-order valence-corrected chi connectivity index (χ4v) is 6.18. The molecule has 0 amide bonds. The Bertz CT molecular complexity index is 1470. The van der Waals surface area contributed by atoms with Crippen LogP contribution in [0.5, 0.6) is 11.5 Å². The number of aromatic nitrogens is 2. The number of allylic oxidation sites excluding steroid dienone is 2. The zero-order valence-corrected chi connectivity index (χ0v) is 22.5. The molecule has 0 spiro atoms. The minimum absolute atomic E-state index is 0.0431. The molecule has 1 aliphatic heterocycles. The van der Waals surface area contributed by atoms with Crippen molar-refractivity contribution in [2.45, 2.75) is 50.4 Å². The van der Waals surface area contributed by atoms with E-state index in [4.69, 9.17) is 14.5 Å². The van der Waals surface area contributed by atoms with Crippen molar-refractivity contribution in [3.8, 4) is 11.5 Å². The number of benzene rings is 2. The second kappa shape index (κ2) is 9.74. The van der Waals surface area contributed by atoms with Crippen LogP contribution in [0, 0.1) is 12.3 Å². The summed E-state index contributed by atoms with van der Waals surface area (Å²) in [6.45, 7) is 6.25. The number of fused-ring (bicyclic) bond motifs is 1. The highest BCUT2D eigenvalue weighted by molar-refractivity contribution is 7.98. The van der Waals surface area contributed by atoms with Crippen LogP contribution >= 0.6 is 11.8 Å². The van der Waals surface area contributed by atoms with Crippen LogP contribution in [0.4, 0.5) is 5.82 Å². The summed E-state index contributed by atoms with van der Waals surface area (Å²) >= 11 is 1.49. The van der Waals surface area contributed by atoms with E-state index >= 15 is 0 Å². The summed E-state index contributed by atoms with van der Waals surface area (Å²) < 4.78 is 11.0. The van der Waals surface area contributed by atoms with Gasteiger partial charge in [0.2, 0.25) is 0 Å². The molecular formula is C29H31N3O4S. The number of H-pyrrole nitrogens is 1. The molecule has 2 heterocycles. The number of rotatable bonds is 6. The Labute approximate surface area is 220 Å². The molecule has 192 valence electrons. The summed E-state index contributed by atoms with van der Waals surface area (Å²) in [5, 5.41) is 3.92. The summed E-state index contributed by atoms with van der Waals surface area (Å²) in [5.74, 6) is 1.80. The molecule has 2 aliphatic rings. The molecule has 8 heteroatoms. The Hall–Kier alpha value is -3.52. The topological polar surface area (TPSA) is 93.3 Å². The predicted octanol–water partition coefficient (Wildman–Crippen LogP) is 5.59. The van der Waals surface area contributed by atoms with E-state index in [0.717, 1.165) is 11.3 Å². The minimum Gasteiger partial charge on any atom is -0.493 e. The molecule has 0 unspecified atom stereocenters. The molecule has 0 saturated heterocycles. The third-order valence-electron chi connectivity index (χ3n) is 7.07. The molecule has 0 saturated carbocycles. The molecule has 7 nitrogen and oxygen atoms in total. The monoisotopic (exact) mass is 517 g/mol. The molecule has 0 bridgehead atoms. The number of carbonyl (C=O) groups is 1. The Morgan fingerprint density at radius 2 is 1.81 bits per heavy atom. The number of thioether (sulfide) groups is 1. The van der Waals surface area contributed by atoms with Gasteiger partial charge in [0.1, 0.15) is 5.82 Å². The first-order valence-corrected chi connectivity index (χ1v) is 13.3. The number of methoxy groups -OCH3 is 2. The zero-order chi connectivity index (χ0) is 26.3.